The molecule has 1 aliphatic heterocycles. The summed E-state index contributed by atoms with van der Waals surface area (Å²) in [4.78, 5) is 34.9. The van der Waals surface area contributed by atoms with Crippen molar-refractivity contribution in [2.75, 3.05) is 18.4 Å². The number of rotatable bonds is 5. The van der Waals surface area contributed by atoms with Crippen molar-refractivity contribution >= 4 is 17.5 Å². The van der Waals surface area contributed by atoms with Crippen LogP contribution < -0.4 is 5.32 Å². The molecule has 0 bridgehead atoms. The fourth-order valence-electron chi connectivity index (χ4n) is 3.52. The highest BCUT2D eigenvalue weighted by atomic mass is 16.5. The number of pyridine rings is 1. The zero-order chi connectivity index (χ0) is 20.9. The minimum absolute atomic E-state index is 0.0179. The molecule has 0 aliphatic carbocycles. The molecule has 1 aromatic carbocycles. The third-order valence-electron chi connectivity index (χ3n) is 5.11. The third kappa shape index (κ3) is 4.37. The maximum atomic E-state index is 12.7. The molecule has 0 saturated carbocycles. The molecule has 1 aliphatic rings. The van der Waals surface area contributed by atoms with E-state index in [2.05, 4.69) is 20.4 Å². The van der Waals surface area contributed by atoms with Crippen LogP contribution in [0.25, 0.3) is 11.4 Å². The summed E-state index contributed by atoms with van der Waals surface area (Å²) in [5, 5.41) is 6.95. The minimum Gasteiger partial charge on any atom is -0.339 e. The molecule has 2 amide bonds. The van der Waals surface area contributed by atoms with E-state index in [4.69, 9.17) is 4.52 Å². The zero-order valence-corrected chi connectivity index (χ0v) is 16.7. The summed E-state index contributed by atoms with van der Waals surface area (Å²) in [5.41, 5.74) is 1.89. The lowest BCUT2D eigenvalue weighted by Gasteiger charge is -2.30. The van der Waals surface area contributed by atoms with Gasteiger partial charge < -0.3 is 14.7 Å². The van der Waals surface area contributed by atoms with Gasteiger partial charge >= 0.3 is 0 Å². The average Bonchev–Trinajstić information content (AvgIpc) is 3.30. The van der Waals surface area contributed by atoms with Crippen LogP contribution in [0, 0.1) is 0 Å². The number of carbonyl (C=O) groups is 2. The standard InChI is InChI=1S/C22H23N5O3/c1-2-19(28)24-17-9-5-7-15(13-17)20-25-21(30-26-20)16-8-6-12-27(14-16)22(29)18-10-3-4-11-23-18/h3-5,7,9-11,13,16H,2,6,8,12,14H2,1H3,(H,24,28)/t16-/m1/s1. The molecule has 0 unspecified atom stereocenters. The van der Waals surface area contributed by atoms with Gasteiger partial charge in [-0.05, 0) is 37.1 Å². The molecule has 2 aromatic heterocycles. The lowest BCUT2D eigenvalue weighted by molar-refractivity contribution is -0.115. The molecule has 4 rings (SSSR count). The van der Waals surface area contributed by atoms with E-state index in [-0.39, 0.29) is 17.7 Å². The van der Waals surface area contributed by atoms with E-state index in [0.717, 1.165) is 18.4 Å². The molecule has 0 spiro atoms. The second-order valence-corrected chi connectivity index (χ2v) is 7.24. The number of hydrogen-bond donors (Lipinski definition) is 1. The van der Waals surface area contributed by atoms with Crippen molar-refractivity contribution < 1.29 is 14.1 Å². The number of benzene rings is 1. The minimum atomic E-state index is -0.0839. The van der Waals surface area contributed by atoms with Gasteiger partial charge in [-0.3, -0.25) is 14.6 Å². The lowest BCUT2D eigenvalue weighted by atomic mass is 9.97. The second kappa shape index (κ2) is 8.86. The molecule has 1 N–H and O–H groups in total. The van der Waals surface area contributed by atoms with Crippen molar-refractivity contribution in [1.29, 1.82) is 0 Å². The van der Waals surface area contributed by atoms with Crippen LogP contribution in [-0.2, 0) is 4.79 Å². The van der Waals surface area contributed by atoms with Gasteiger partial charge in [-0.15, -0.1) is 0 Å². The number of piperidine rings is 1. The Bertz CT molecular complexity index is 1030. The van der Waals surface area contributed by atoms with Gasteiger partial charge in [-0.25, -0.2) is 0 Å². The summed E-state index contributed by atoms with van der Waals surface area (Å²) in [5.74, 6) is 0.827. The normalized spacial score (nSPS) is 16.3. The summed E-state index contributed by atoms with van der Waals surface area (Å²) in [7, 11) is 0. The van der Waals surface area contributed by atoms with Gasteiger partial charge in [0.25, 0.3) is 5.91 Å². The number of anilines is 1. The fraction of sp³-hybridized carbons (Fsp3) is 0.318. The van der Waals surface area contributed by atoms with E-state index in [1.807, 2.05) is 30.3 Å². The Morgan fingerprint density at radius 2 is 2.13 bits per heavy atom. The quantitative estimate of drug-likeness (QED) is 0.697. The number of likely N-dealkylation sites (tertiary alicyclic amines) is 1. The first-order chi connectivity index (χ1) is 14.6. The Balaban J connectivity index is 1.48. The largest absolute Gasteiger partial charge is 0.339 e. The zero-order valence-electron chi connectivity index (χ0n) is 16.7. The SMILES string of the molecule is CCC(=O)Nc1cccc(-c2noc([C@@H]3CCCN(C(=O)c4ccccn4)C3)n2)c1. The van der Waals surface area contributed by atoms with Gasteiger partial charge in [-0.2, -0.15) is 4.98 Å². The predicted octanol–water partition coefficient (Wildman–Crippen LogP) is 3.50. The van der Waals surface area contributed by atoms with Crippen LogP contribution in [0.5, 0.6) is 0 Å². The van der Waals surface area contributed by atoms with E-state index in [1.54, 1.807) is 30.2 Å². The molecule has 3 aromatic rings. The van der Waals surface area contributed by atoms with Crippen LogP contribution in [0.1, 0.15) is 48.5 Å². The van der Waals surface area contributed by atoms with Crippen LogP contribution in [0.2, 0.25) is 0 Å². The van der Waals surface area contributed by atoms with Gasteiger partial charge in [0.15, 0.2) is 0 Å². The van der Waals surface area contributed by atoms with E-state index < -0.39 is 0 Å². The van der Waals surface area contributed by atoms with Crippen LogP contribution in [0.4, 0.5) is 5.69 Å². The first kappa shape index (κ1) is 19.8. The van der Waals surface area contributed by atoms with Gasteiger partial charge in [0, 0.05) is 37.0 Å². The maximum absolute atomic E-state index is 12.7. The van der Waals surface area contributed by atoms with Crippen molar-refractivity contribution in [2.45, 2.75) is 32.1 Å². The highest BCUT2D eigenvalue weighted by Crippen LogP contribution is 2.29. The number of carbonyl (C=O) groups excluding carboxylic acids is 2. The molecule has 3 heterocycles. The molecule has 8 heteroatoms. The maximum Gasteiger partial charge on any atom is 0.272 e. The lowest BCUT2D eigenvalue weighted by Crippen LogP contribution is -2.39. The van der Waals surface area contributed by atoms with Gasteiger partial charge in [0.1, 0.15) is 5.69 Å². The molecule has 30 heavy (non-hydrogen) atoms. The third-order valence-corrected chi connectivity index (χ3v) is 5.11. The number of aromatic nitrogens is 3. The van der Waals surface area contributed by atoms with E-state index >= 15 is 0 Å². The molecular formula is C22H23N5O3. The first-order valence-corrected chi connectivity index (χ1v) is 10.1. The molecule has 1 atom stereocenters. The highest BCUT2D eigenvalue weighted by molar-refractivity contribution is 5.92. The smallest absolute Gasteiger partial charge is 0.272 e. The summed E-state index contributed by atoms with van der Waals surface area (Å²) < 4.78 is 5.53. The Morgan fingerprint density at radius 3 is 2.93 bits per heavy atom. The van der Waals surface area contributed by atoms with E-state index in [1.165, 1.54) is 0 Å². The predicted molar refractivity (Wildman–Crippen MR) is 111 cm³/mol. The molecule has 154 valence electrons. The number of nitrogens with one attached hydrogen (secondary N) is 1. The number of amides is 2. The van der Waals surface area contributed by atoms with Crippen LogP contribution in [-0.4, -0.2) is 44.9 Å². The topological polar surface area (TPSA) is 101 Å². The van der Waals surface area contributed by atoms with E-state index in [9.17, 15) is 9.59 Å². The monoisotopic (exact) mass is 405 g/mol. The Hall–Kier alpha value is -3.55. The average molecular weight is 405 g/mol. The van der Waals surface area contributed by atoms with Crippen LogP contribution >= 0.6 is 0 Å². The fourth-order valence-corrected chi connectivity index (χ4v) is 3.52. The highest BCUT2D eigenvalue weighted by Gasteiger charge is 2.29. The Labute approximate surface area is 174 Å². The van der Waals surface area contributed by atoms with Crippen molar-refractivity contribution in [3.63, 3.8) is 0 Å². The van der Waals surface area contributed by atoms with Gasteiger partial charge in [0.05, 0.1) is 5.92 Å². The molecule has 0 radical (unpaired) electrons. The molecule has 1 fully saturated rings. The van der Waals surface area contributed by atoms with Crippen molar-refractivity contribution in [1.82, 2.24) is 20.0 Å². The molecule has 1 saturated heterocycles. The van der Waals surface area contributed by atoms with Crippen LogP contribution in [0.3, 0.4) is 0 Å². The summed E-state index contributed by atoms with van der Waals surface area (Å²) in [6.07, 6.45) is 3.77. The second-order valence-electron chi connectivity index (χ2n) is 7.24. The Morgan fingerprint density at radius 1 is 1.23 bits per heavy atom. The van der Waals surface area contributed by atoms with Gasteiger partial charge in [0.2, 0.25) is 17.6 Å². The molecular weight excluding hydrogens is 382 g/mol. The summed E-state index contributed by atoms with van der Waals surface area (Å²) >= 11 is 0. The molecule has 8 nitrogen and oxygen atoms in total. The van der Waals surface area contributed by atoms with E-state index in [0.29, 0.717) is 42.6 Å². The van der Waals surface area contributed by atoms with Crippen LogP contribution in [0.15, 0.2) is 53.2 Å². The van der Waals surface area contributed by atoms with Crippen molar-refractivity contribution in [2.24, 2.45) is 0 Å². The number of hydrogen-bond acceptors (Lipinski definition) is 6. The van der Waals surface area contributed by atoms with Crippen molar-refractivity contribution in [3.8, 4) is 11.4 Å². The Kier molecular flexibility index (Phi) is 5.83. The van der Waals surface area contributed by atoms with Crippen molar-refractivity contribution in [3.05, 3.63) is 60.2 Å². The summed E-state index contributed by atoms with van der Waals surface area (Å²) in [6.45, 7) is 3.01. The first-order valence-electron chi connectivity index (χ1n) is 10.1. The summed E-state index contributed by atoms with van der Waals surface area (Å²) in [6, 6.07) is 12.7. The number of nitrogens with zero attached hydrogens (tertiary/aromatic N) is 4. The van der Waals surface area contributed by atoms with Gasteiger partial charge in [-0.1, -0.05) is 30.3 Å².